The Morgan fingerprint density at radius 2 is 2.00 bits per heavy atom. The lowest BCUT2D eigenvalue weighted by Gasteiger charge is -2.09. The molecule has 0 aliphatic heterocycles. The molecule has 0 atom stereocenters. The van der Waals surface area contributed by atoms with E-state index in [9.17, 15) is 13.5 Å². The molecule has 1 heterocycles. The van der Waals surface area contributed by atoms with Gasteiger partial charge in [-0.3, -0.25) is 0 Å². The zero-order valence-corrected chi connectivity index (χ0v) is 10.8. The topological polar surface area (TPSA) is 118 Å². The predicted octanol–water partition coefficient (Wildman–Crippen LogP) is 0.874. The van der Waals surface area contributed by atoms with Crippen LogP contribution in [0.2, 0.25) is 0 Å². The SMILES string of the molecule is Cc1ccccc1S(=O)(=O)Nc1ncc(N)c(O)n1. The van der Waals surface area contributed by atoms with Crippen molar-refractivity contribution in [3.63, 3.8) is 0 Å². The number of anilines is 2. The molecule has 0 bridgehead atoms. The van der Waals surface area contributed by atoms with E-state index in [4.69, 9.17) is 5.73 Å². The van der Waals surface area contributed by atoms with Crippen molar-refractivity contribution in [2.45, 2.75) is 11.8 Å². The summed E-state index contributed by atoms with van der Waals surface area (Å²) < 4.78 is 26.4. The molecule has 0 aliphatic carbocycles. The zero-order valence-electron chi connectivity index (χ0n) is 10.0. The summed E-state index contributed by atoms with van der Waals surface area (Å²) in [5.41, 5.74) is 5.90. The molecular weight excluding hydrogens is 268 g/mol. The van der Waals surface area contributed by atoms with Gasteiger partial charge in [-0.1, -0.05) is 18.2 Å². The van der Waals surface area contributed by atoms with Gasteiger partial charge in [-0.25, -0.2) is 18.1 Å². The number of nitrogens with two attached hydrogens (primary N) is 1. The van der Waals surface area contributed by atoms with E-state index in [0.29, 0.717) is 5.56 Å². The number of nitrogen functional groups attached to an aromatic ring is 1. The molecule has 1 aromatic carbocycles. The van der Waals surface area contributed by atoms with Gasteiger partial charge in [0.25, 0.3) is 10.0 Å². The van der Waals surface area contributed by atoms with E-state index in [-0.39, 0.29) is 16.5 Å². The first-order chi connectivity index (χ1) is 8.90. The number of nitrogens with zero attached hydrogens (tertiary/aromatic N) is 2. The fraction of sp³-hybridized carbons (Fsp3) is 0.0909. The van der Waals surface area contributed by atoms with Crippen molar-refractivity contribution in [3.05, 3.63) is 36.0 Å². The van der Waals surface area contributed by atoms with Gasteiger partial charge >= 0.3 is 0 Å². The van der Waals surface area contributed by atoms with Gasteiger partial charge in [0, 0.05) is 0 Å². The van der Waals surface area contributed by atoms with Crippen molar-refractivity contribution in [1.29, 1.82) is 0 Å². The first-order valence-electron chi connectivity index (χ1n) is 5.30. The van der Waals surface area contributed by atoms with Crippen LogP contribution in [0.3, 0.4) is 0 Å². The molecule has 8 heteroatoms. The van der Waals surface area contributed by atoms with Crippen LogP contribution in [0.25, 0.3) is 0 Å². The fourth-order valence-electron chi connectivity index (χ4n) is 1.46. The quantitative estimate of drug-likeness (QED) is 0.767. The third-order valence-electron chi connectivity index (χ3n) is 2.40. The van der Waals surface area contributed by atoms with Crippen LogP contribution in [0, 0.1) is 6.92 Å². The number of rotatable bonds is 3. The summed E-state index contributed by atoms with van der Waals surface area (Å²) >= 11 is 0. The average Bonchev–Trinajstić information content (AvgIpc) is 2.34. The number of hydrogen-bond acceptors (Lipinski definition) is 6. The Kier molecular flexibility index (Phi) is 3.26. The maximum absolute atomic E-state index is 12.1. The Morgan fingerprint density at radius 1 is 1.32 bits per heavy atom. The van der Waals surface area contributed by atoms with E-state index in [1.54, 1.807) is 25.1 Å². The molecule has 0 spiro atoms. The van der Waals surface area contributed by atoms with Crippen molar-refractivity contribution >= 4 is 21.7 Å². The molecule has 0 saturated heterocycles. The summed E-state index contributed by atoms with van der Waals surface area (Å²) in [4.78, 5) is 7.36. The molecular formula is C11H12N4O3S. The summed E-state index contributed by atoms with van der Waals surface area (Å²) in [5.74, 6) is -0.715. The van der Waals surface area contributed by atoms with Crippen LogP contribution in [0.4, 0.5) is 11.6 Å². The zero-order chi connectivity index (χ0) is 14.0. The molecule has 0 unspecified atom stereocenters. The van der Waals surface area contributed by atoms with Gasteiger partial charge in [-0.05, 0) is 18.6 Å². The van der Waals surface area contributed by atoms with Crippen LogP contribution in [-0.4, -0.2) is 23.5 Å². The Bertz CT molecular complexity index is 716. The minimum atomic E-state index is -3.80. The van der Waals surface area contributed by atoms with Crippen molar-refractivity contribution in [3.8, 4) is 5.88 Å². The highest BCUT2D eigenvalue weighted by Gasteiger charge is 2.18. The average molecular weight is 280 g/mol. The van der Waals surface area contributed by atoms with E-state index in [0.717, 1.165) is 6.20 Å². The monoisotopic (exact) mass is 280 g/mol. The third kappa shape index (κ3) is 2.74. The molecule has 1 aromatic heterocycles. The van der Waals surface area contributed by atoms with E-state index in [1.165, 1.54) is 6.07 Å². The van der Waals surface area contributed by atoms with Gasteiger partial charge in [0.1, 0.15) is 5.69 Å². The first kappa shape index (κ1) is 13.1. The van der Waals surface area contributed by atoms with Crippen LogP contribution in [0.5, 0.6) is 5.88 Å². The maximum atomic E-state index is 12.1. The minimum absolute atomic E-state index is 0.0289. The number of nitrogens with one attached hydrogen (secondary N) is 1. The van der Waals surface area contributed by atoms with Crippen LogP contribution >= 0.6 is 0 Å². The van der Waals surface area contributed by atoms with Crippen LogP contribution in [0.15, 0.2) is 35.4 Å². The highest BCUT2D eigenvalue weighted by atomic mass is 32.2. The van der Waals surface area contributed by atoms with Crippen LogP contribution < -0.4 is 10.5 Å². The van der Waals surface area contributed by atoms with Gasteiger partial charge < -0.3 is 10.8 Å². The molecule has 0 saturated carbocycles. The Hall–Kier alpha value is -2.35. The fourth-order valence-corrected chi connectivity index (χ4v) is 2.66. The van der Waals surface area contributed by atoms with Crippen molar-refractivity contribution < 1.29 is 13.5 Å². The van der Waals surface area contributed by atoms with Crippen molar-refractivity contribution in [1.82, 2.24) is 9.97 Å². The largest absolute Gasteiger partial charge is 0.492 e. The lowest BCUT2D eigenvalue weighted by molar-refractivity contribution is 0.456. The molecule has 0 fully saturated rings. The number of benzene rings is 1. The van der Waals surface area contributed by atoms with E-state index in [2.05, 4.69) is 14.7 Å². The first-order valence-corrected chi connectivity index (χ1v) is 6.78. The summed E-state index contributed by atoms with van der Waals surface area (Å²) in [6, 6.07) is 6.49. The molecule has 19 heavy (non-hydrogen) atoms. The number of hydrogen-bond donors (Lipinski definition) is 3. The second-order valence-electron chi connectivity index (χ2n) is 3.84. The van der Waals surface area contributed by atoms with E-state index < -0.39 is 15.9 Å². The normalized spacial score (nSPS) is 11.2. The molecule has 100 valence electrons. The van der Waals surface area contributed by atoms with Crippen molar-refractivity contribution in [2.75, 3.05) is 10.5 Å². The number of aromatic hydroxyl groups is 1. The second kappa shape index (κ2) is 4.73. The summed E-state index contributed by atoms with van der Waals surface area (Å²) in [5, 5.41) is 9.31. The van der Waals surface area contributed by atoms with Gasteiger partial charge in [-0.15, -0.1) is 0 Å². The molecule has 2 aromatic rings. The molecule has 7 nitrogen and oxygen atoms in total. The molecule has 0 aliphatic rings. The highest BCUT2D eigenvalue weighted by Crippen LogP contribution is 2.20. The van der Waals surface area contributed by atoms with Crippen molar-refractivity contribution in [2.24, 2.45) is 0 Å². The summed E-state index contributed by atoms with van der Waals surface area (Å²) in [6.45, 7) is 1.68. The molecule has 0 amide bonds. The smallest absolute Gasteiger partial charge is 0.264 e. The summed E-state index contributed by atoms with van der Waals surface area (Å²) in [7, 11) is -3.80. The lowest BCUT2D eigenvalue weighted by atomic mass is 10.2. The standard InChI is InChI=1S/C11H12N4O3S/c1-7-4-2-3-5-9(7)19(17,18)15-11-13-6-8(12)10(16)14-11/h2-6H,12H2,1H3,(H2,13,14,15,16). The van der Waals surface area contributed by atoms with Crippen LogP contribution in [-0.2, 0) is 10.0 Å². The van der Waals surface area contributed by atoms with Gasteiger partial charge in [0.05, 0.1) is 11.1 Å². The number of aromatic nitrogens is 2. The summed E-state index contributed by atoms with van der Waals surface area (Å²) in [6.07, 6.45) is 1.12. The highest BCUT2D eigenvalue weighted by molar-refractivity contribution is 7.92. The van der Waals surface area contributed by atoms with Crippen LogP contribution in [0.1, 0.15) is 5.56 Å². The molecule has 4 N–H and O–H groups in total. The molecule has 2 rings (SSSR count). The second-order valence-corrected chi connectivity index (χ2v) is 5.49. The van der Waals surface area contributed by atoms with Gasteiger partial charge in [-0.2, -0.15) is 4.98 Å². The minimum Gasteiger partial charge on any atom is -0.492 e. The lowest BCUT2D eigenvalue weighted by Crippen LogP contribution is -2.16. The van der Waals surface area contributed by atoms with E-state index in [1.807, 2.05) is 0 Å². The number of aryl methyl sites for hydroxylation is 1. The van der Waals surface area contributed by atoms with Gasteiger partial charge in [0.2, 0.25) is 11.8 Å². The van der Waals surface area contributed by atoms with E-state index >= 15 is 0 Å². The third-order valence-corrected chi connectivity index (χ3v) is 3.89. The van der Waals surface area contributed by atoms with Gasteiger partial charge in [0.15, 0.2) is 0 Å². The Morgan fingerprint density at radius 3 is 2.63 bits per heavy atom. The molecule has 0 radical (unpaired) electrons. The Balaban J connectivity index is 2.37. The predicted molar refractivity (Wildman–Crippen MR) is 70.1 cm³/mol. The Labute approximate surface area is 110 Å². The maximum Gasteiger partial charge on any atom is 0.264 e. The number of sulfonamides is 1.